The molecule has 0 saturated carbocycles. The average molecular weight is 514 g/mol. The minimum atomic E-state index is -1.03. The monoisotopic (exact) mass is 513 g/mol. The van der Waals surface area contributed by atoms with Crippen LogP contribution in [0.5, 0.6) is 0 Å². The number of halogens is 1. The normalized spacial score (nSPS) is 26.1. The Morgan fingerprint density at radius 1 is 0.939 bits per heavy atom. The van der Waals surface area contributed by atoms with Crippen LogP contribution in [0.15, 0.2) is 29.2 Å². The van der Waals surface area contributed by atoms with Crippen LogP contribution in [0, 0.1) is 0 Å². The molecule has 3 fully saturated rings. The summed E-state index contributed by atoms with van der Waals surface area (Å²) in [6.45, 7) is 7.48. The standard InChI is InChI=1S/C13H24N2OS.C12H16ClNOS/c1-17-13(16)15-10-6-7-12(11-15)14-8-4-2-3-5-9-14;1-10-4-2-3-9-14(10)16(15)12-7-5-11(13)6-8-12/h12H,2-11H2,1H3;5-8,10H,2-4,9H2,1H3/t;10-,16?/m.1/s1. The van der Waals surface area contributed by atoms with Gasteiger partial charge < -0.3 is 4.90 Å². The number of carbonyl (C=O) groups is 1. The first-order valence-corrected chi connectivity index (χ1v) is 15.2. The number of likely N-dealkylation sites (tertiary alicyclic amines) is 2. The molecule has 0 bridgehead atoms. The maximum absolute atomic E-state index is 12.3. The molecule has 0 radical (unpaired) electrons. The molecule has 0 N–H and O–H groups in total. The first-order chi connectivity index (χ1) is 16.0. The van der Waals surface area contributed by atoms with Gasteiger partial charge in [0.05, 0.1) is 4.90 Å². The highest BCUT2D eigenvalue weighted by Crippen LogP contribution is 2.23. The van der Waals surface area contributed by atoms with Gasteiger partial charge in [0, 0.05) is 36.7 Å². The minimum absolute atomic E-state index is 0.254. The van der Waals surface area contributed by atoms with Crippen molar-refractivity contribution in [2.24, 2.45) is 0 Å². The van der Waals surface area contributed by atoms with E-state index in [2.05, 4.69) is 16.1 Å². The zero-order valence-corrected chi connectivity index (χ0v) is 22.6. The lowest BCUT2D eigenvalue weighted by Gasteiger charge is -2.38. The Morgan fingerprint density at radius 3 is 2.24 bits per heavy atom. The van der Waals surface area contributed by atoms with Crippen LogP contribution in [-0.4, -0.2) is 74.6 Å². The summed E-state index contributed by atoms with van der Waals surface area (Å²) in [6, 6.07) is 8.31. The van der Waals surface area contributed by atoms with Gasteiger partial charge in [-0.2, -0.15) is 0 Å². The van der Waals surface area contributed by atoms with Crippen molar-refractivity contribution < 1.29 is 9.00 Å². The van der Waals surface area contributed by atoms with Crippen molar-refractivity contribution in [3.8, 4) is 0 Å². The molecule has 186 valence electrons. The number of hydrogen-bond acceptors (Lipinski definition) is 4. The van der Waals surface area contributed by atoms with Crippen molar-refractivity contribution in [2.45, 2.75) is 81.7 Å². The van der Waals surface area contributed by atoms with Crippen LogP contribution in [0.2, 0.25) is 5.02 Å². The Bertz CT molecular complexity index is 757. The van der Waals surface area contributed by atoms with Crippen LogP contribution in [-0.2, 0) is 11.0 Å². The number of hydrogen-bond donors (Lipinski definition) is 0. The highest BCUT2D eigenvalue weighted by molar-refractivity contribution is 8.12. The van der Waals surface area contributed by atoms with Crippen LogP contribution in [0.1, 0.15) is 64.7 Å². The van der Waals surface area contributed by atoms with E-state index in [1.54, 1.807) is 12.1 Å². The van der Waals surface area contributed by atoms with Crippen LogP contribution >= 0.6 is 23.4 Å². The lowest BCUT2D eigenvalue weighted by atomic mass is 10.0. The quantitative estimate of drug-likeness (QED) is 0.493. The van der Waals surface area contributed by atoms with Crippen LogP contribution in [0.3, 0.4) is 0 Å². The fourth-order valence-corrected chi connectivity index (χ4v) is 6.93. The van der Waals surface area contributed by atoms with E-state index in [0.717, 1.165) is 37.4 Å². The highest BCUT2D eigenvalue weighted by Gasteiger charge is 2.28. The summed E-state index contributed by atoms with van der Waals surface area (Å²) in [6.07, 6.45) is 13.3. The maximum Gasteiger partial charge on any atom is 0.281 e. The molecular weight excluding hydrogens is 474 g/mol. The zero-order chi connectivity index (χ0) is 23.6. The molecule has 0 aromatic heterocycles. The molecule has 3 aliphatic heterocycles. The van der Waals surface area contributed by atoms with Crippen LogP contribution in [0.25, 0.3) is 0 Å². The largest absolute Gasteiger partial charge is 0.332 e. The third kappa shape index (κ3) is 8.24. The van der Waals surface area contributed by atoms with E-state index in [-0.39, 0.29) is 5.24 Å². The molecule has 1 aromatic rings. The van der Waals surface area contributed by atoms with Crippen molar-refractivity contribution in [1.82, 2.24) is 14.1 Å². The number of piperidine rings is 2. The van der Waals surface area contributed by atoms with Crippen molar-refractivity contribution in [2.75, 3.05) is 39.0 Å². The molecule has 3 aliphatic rings. The Kier molecular flexibility index (Phi) is 11.5. The summed E-state index contributed by atoms with van der Waals surface area (Å²) in [7, 11) is -1.03. The molecule has 8 heteroatoms. The molecule has 33 heavy (non-hydrogen) atoms. The molecule has 3 atom stereocenters. The Labute approximate surface area is 212 Å². The van der Waals surface area contributed by atoms with E-state index < -0.39 is 11.0 Å². The summed E-state index contributed by atoms with van der Waals surface area (Å²) in [5.41, 5.74) is 0. The van der Waals surface area contributed by atoms with Crippen LogP contribution < -0.4 is 0 Å². The van der Waals surface area contributed by atoms with Gasteiger partial charge in [-0.3, -0.25) is 9.69 Å². The predicted octanol–water partition coefficient (Wildman–Crippen LogP) is 6.05. The smallest absolute Gasteiger partial charge is 0.281 e. The first-order valence-electron chi connectivity index (χ1n) is 12.5. The van der Waals surface area contributed by atoms with Crippen molar-refractivity contribution in [3.05, 3.63) is 29.3 Å². The van der Waals surface area contributed by atoms with Gasteiger partial charge in [-0.05, 0) is 89.1 Å². The van der Waals surface area contributed by atoms with Crippen molar-refractivity contribution in [3.63, 3.8) is 0 Å². The fraction of sp³-hybridized carbons (Fsp3) is 0.720. The number of thioether (sulfide) groups is 1. The molecule has 1 aromatic carbocycles. The predicted molar refractivity (Wildman–Crippen MR) is 141 cm³/mol. The molecule has 0 aliphatic carbocycles. The summed E-state index contributed by atoms with van der Waals surface area (Å²) in [5.74, 6) is 0. The van der Waals surface area contributed by atoms with E-state index in [1.807, 2.05) is 23.3 Å². The number of benzene rings is 1. The van der Waals surface area contributed by atoms with Gasteiger partial charge >= 0.3 is 0 Å². The van der Waals surface area contributed by atoms with E-state index in [0.29, 0.717) is 17.1 Å². The summed E-state index contributed by atoms with van der Waals surface area (Å²) in [4.78, 5) is 17.3. The van der Waals surface area contributed by atoms with E-state index in [1.165, 1.54) is 69.8 Å². The fourth-order valence-electron chi connectivity index (χ4n) is 5.01. The molecule has 3 heterocycles. The summed E-state index contributed by atoms with van der Waals surface area (Å²) in [5, 5.41) is 0.942. The second-order valence-electron chi connectivity index (χ2n) is 9.35. The number of amides is 1. The van der Waals surface area contributed by atoms with Crippen molar-refractivity contribution >= 4 is 39.6 Å². The Hall–Kier alpha value is -0.600. The van der Waals surface area contributed by atoms with Gasteiger partial charge in [0.1, 0.15) is 11.0 Å². The third-order valence-electron chi connectivity index (χ3n) is 6.96. The first kappa shape index (κ1) is 27.0. The molecule has 1 amide bonds. The topological polar surface area (TPSA) is 43.9 Å². The molecule has 0 spiro atoms. The van der Waals surface area contributed by atoms with Gasteiger partial charge in [0.25, 0.3) is 5.24 Å². The van der Waals surface area contributed by atoms with E-state index in [4.69, 9.17) is 11.6 Å². The van der Waals surface area contributed by atoms with E-state index >= 15 is 0 Å². The second kappa shape index (κ2) is 14.1. The third-order valence-corrected chi connectivity index (χ3v) is 9.46. The van der Waals surface area contributed by atoms with Gasteiger partial charge in [-0.15, -0.1) is 0 Å². The highest BCUT2D eigenvalue weighted by atomic mass is 35.5. The van der Waals surface area contributed by atoms with Gasteiger partial charge in [0.2, 0.25) is 0 Å². The summed E-state index contributed by atoms with van der Waals surface area (Å²) >= 11 is 7.17. The second-order valence-corrected chi connectivity index (χ2v) is 12.0. The lowest BCUT2D eigenvalue weighted by molar-refractivity contribution is 0.120. The SMILES string of the molecule is CSC(=O)N1CCCC(N2CCCCCC2)C1.C[C@@H]1CCCCN1S(=O)c1ccc(Cl)cc1. The molecule has 5 nitrogen and oxygen atoms in total. The van der Waals surface area contributed by atoms with E-state index in [9.17, 15) is 9.00 Å². The molecule has 2 unspecified atom stereocenters. The minimum Gasteiger partial charge on any atom is -0.332 e. The van der Waals surface area contributed by atoms with Crippen molar-refractivity contribution in [1.29, 1.82) is 0 Å². The zero-order valence-electron chi connectivity index (χ0n) is 20.2. The molecule has 3 saturated heterocycles. The lowest BCUT2D eigenvalue weighted by Crippen LogP contribution is -2.49. The maximum atomic E-state index is 12.3. The van der Waals surface area contributed by atoms with Gasteiger partial charge in [-0.25, -0.2) is 8.51 Å². The summed E-state index contributed by atoms with van der Waals surface area (Å²) < 4.78 is 14.4. The Balaban J connectivity index is 0.000000186. The number of rotatable bonds is 3. The molecular formula is C25H40ClN3O2S2. The van der Waals surface area contributed by atoms with Crippen LogP contribution in [0.4, 0.5) is 4.79 Å². The van der Waals surface area contributed by atoms with Gasteiger partial charge in [-0.1, -0.05) is 42.6 Å². The molecule has 4 rings (SSSR count). The van der Waals surface area contributed by atoms with Gasteiger partial charge in [0.15, 0.2) is 0 Å². The average Bonchev–Trinajstić information content (AvgIpc) is 3.14. The Morgan fingerprint density at radius 2 is 1.61 bits per heavy atom. The number of carbonyl (C=O) groups excluding carboxylic acids is 1. The number of nitrogens with zero attached hydrogens (tertiary/aromatic N) is 3.